The monoisotopic (exact) mass is 216 g/mol. The summed E-state index contributed by atoms with van der Waals surface area (Å²) in [5.74, 6) is 0. The van der Waals surface area contributed by atoms with Crippen LogP contribution in [0, 0.1) is 0 Å². The van der Waals surface area contributed by atoms with E-state index in [2.05, 4.69) is 24.3 Å². The Morgan fingerprint density at radius 3 is 2.44 bits per heavy atom. The van der Waals surface area contributed by atoms with Gasteiger partial charge in [0.25, 0.3) is 0 Å². The summed E-state index contributed by atoms with van der Waals surface area (Å²) < 4.78 is 1.14. The van der Waals surface area contributed by atoms with Crippen molar-refractivity contribution in [1.29, 1.82) is 0 Å². The Hall–Kier alpha value is 0.393. The van der Waals surface area contributed by atoms with E-state index in [1.54, 1.807) is 0 Å². The first-order chi connectivity index (χ1) is 4.43. The fourth-order valence-corrected chi connectivity index (χ4v) is 2.54. The van der Waals surface area contributed by atoms with Crippen molar-refractivity contribution in [3.05, 3.63) is 35.9 Å². The number of benzene rings is 1. The van der Waals surface area contributed by atoms with E-state index < -0.39 is 22.0 Å². The van der Waals surface area contributed by atoms with Gasteiger partial charge in [0.05, 0.1) is 0 Å². The van der Waals surface area contributed by atoms with Gasteiger partial charge in [-0.25, -0.2) is 0 Å². The predicted octanol–water partition coefficient (Wildman–Crippen LogP) is 2.42. The van der Waals surface area contributed by atoms with Crippen molar-refractivity contribution in [3.8, 4) is 0 Å². The first-order valence-electron chi connectivity index (χ1n) is 2.81. The van der Waals surface area contributed by atoms with Gasteiger partial charge in [0, 0.05) is 0 Å². The van der Waals surface area contributed by atoms with Gasteiger partial charge in [0.2, 0.25) is 0 Å². The van der Waals surface area contributed by atoms with Gasteiger partial charge in [-0.15, -0.1) is 0 Å². The topological polar surface area (TPSA) is 0 Å². The van der Waals surface area contributed by atoms with Crippen molar-refractivity contribution in [2.24, 2.45) is 0 Å². The molecule has 0 aliphatic carbocycles. The summed E-state index contributed by atoms with van der Waals surface area (Å²) >= 11 is -0.542. The molecule has 0 saturated carbocycles. The van der Waals surface area contributed by atoms with Gasteiger partial charge in [0.15, 0.2) is 0 Å². The molecule has 0 atom stereocenters. The molecule has 2 heteroatoms. The summed E-state index contributed by atoms with van der Waals surface area (Å²) in [6, 6.07) is 10.4. The molecule has 0 spiro atoms. The van der Waals surface area contributed by atoms with Crippen LogP contribution in [0.1, 0.15) is 5.56 Å². The summed E-state index contributed by atoms with van der Waals surface area (Å²) in [5, 5.41) is 0. The maximum absolute atomic E-state index is 5.71. The molecule has 0 unspecified atom stereocenters. The molecular weight excluding hydrogens is 211 g/mol. The Morgan fingerprint density at radius 2 is 1.89 bits per heavy atom. The number of halogens is 1. The molecule has 0 N–H and O–H groups in total. The molecule has 1 aromatic rings. The molecule has 0 aliphatic rings. The molecular formula is C7H7ClZr. The number of hydrogen-bond acceptors (Lipinski definition) is 0. The molecule has 0 aromatic heterocycles. The van der Waals surface area contributed by atoms with Crippen LogP contribution in [0.15, 0.2) is 30.3 Å². The zero-order chi connectivity index (χ0) is 6.53. The minimum atomic E-state index is -0.542. The number of rotatable bonds is 2. The van der Waals surface area contributed by atoms with Gasteiger partial charge in [0.1, 0.15) is 0 Å². The average Bonchev–Trinajstić information content (AvgIpc) is 1.91. The first-order valence-corrected chi connectivity index (χ1v) is 7.71. The Balaban J connectivity index is 2.61. The molecule has 0 amide bonds. The van der Waals surface area contributed by atoms with Crippen molar-refractivity contribution in [3.63, 3.8) is 0 Å². The molecule has 0 saturated heterocycles. The molecule has 9 heavy (non-hydrogen) atoms. The van der Waals surface area contributed by atoms with Crippen LogP contribution in [0.2, 0.25) is 0 Å². The van der Waals surface area contributed by atoms with Crippen LogP contribution in [-0.4, -0.2) is 0 Å². The van der Waals surface area contributed by atoms with E-state index in [1.807, 2.05) is 6.07 Å². The molecule has 0 fully saturated rings. The summed E-state index contributed by atoms with van der Waals surface area (Å²) in [4.78, 5) is 0. The fourth-order valence-electron chi connectivity index (χ4n) is 0.673. The van der Waals surface area contributed by atoms with Crippen molar-refractivity contribution >= 4 is 8.51 Å². The van der Waals surface area contributed by atoms with E-state index in [0.29, 0.717) is 0 Å². The van der Waals surface area contributed by atoms with E-state index in [1.165, 1.54) is 5.56 Å². The summed E-state index contributed by atoms with van der Waals surface area (Å²) in [7, 11) is 5.71. The van der Waals surface area contributed by atoms with Crippen LogP contribution in [0.3, 0.4) is 0 Å². The summed E-state index contributed by atoms with van der Waals surface area (Å²) in [6.07, 6.45) is 0. The molecule has 0 heterocycles. The average molecular weight is 218 g/mol. The first kappa shape index (κ1) is 7.50. The molecule has 0 aliphatic heterocycles. The van der Waals surface area contributed by atoms with Crippen LogP contribution in [0.25, 0.3) is 0 Å². The van der Waals surface area contributed by atoms with Crippen LogP contribution < -0.4 is 0 Å². The Bertz CT molecular complexity index is 162. The van der Waals surface area contributed by atoms with Crippen molar-refractivity contribution in [2.75, 3.05) is 0 Å². The third kappa shape index (κ3) is 2.64. The maximum atomic E-state index is 5.71. The minimum absolute atomic E-state index is 0.542. The Morgan fingerprint density at radius 1 is 1.22 bits per heavy atom. The second-order valence-corrected chi connectivity index (χ2v) is 4.90. The van der Waals surface area contributed by atoms with Crippen LogP contribution in [-0.2, 0) is 26.2 Å². The van der Waals surface area contributed by atoms with E-state index >= 15 is 0 Å². The zero-order valence-corrected chi connectivity index (χ0v) is 8.19. The molecule has 46 valence electrons. The normalized spacial score (nSPS) is 9.00. The third-order valence-corrected chi connectivity index (χ3v) is 3.24. The van der Waals surface area contributed by atoms with Gasteiger partial charge in [-0.3, -0.25) is 0 Å². The van der Waals surface area contributed by atoms with Gasteiger partial charge in [-0.1, -0.05) is 0 Å². The molecule has 0 radical (unpaired) electrons. The van der Waals surface area contributed by atoms with Crippen molar-refractivity contribution in [1.82, 2.24) is 0 Å². The van der Waals surface area contributed by atoms with Gasteiger partial charge >= 0.3 is 70.6 Å². The quantitative estimate of drug-likeness (QED) is 0.714. The van der Waals surface area contributed by atoms with Gasteiger partial charge in [-0.2, -0.15) is 0 Å². The van der Waals surface area contributed by atoms with Crippen LogP contribution in [0.5, 0.6) is 0 Å². The third-order valence-electron chi connectivity index (χ3n) is 1.11. The van der Waals surface area contributed by atoms with E-state index in [4.69, 9.17) is 8.51 Å². The molecule has 0 bridgehead atoms. The molecule has 0 nitrogen and oxygen atoms in total. The van der Waals surface area contributed by atoms with E-state index in [-0.39, 0.29) is 0 Å². The molecule has 1 aromatic carbocycles. The van der Waals surface area contributed by atoms with Crippen LogP contribution >= 0.6 is 8.51 Å². The summed E-state index contributed by atoms with van der Waals surface area (Å²) in [5.41, 5.74) is 1.39. The second-order valence-electron chi connectivity index (χ2n) is 1.80. The standard InChI is InChI=1S/C7H7.ClH.Zr/c1-7-5-3-2-4-6-7;;/h2-6H,1H2;1H;/q;;+1/p-1. The predicted molar refractivity (Wildman–Crippen MR) is 36.0 cm³/mol. The fraction of sp³-hybridized carbons (Fsp3) is 0.143. The van der Waals surface area contributed by atoms with E-state index in [9.17, 15) is 0 Å². The van der Waals surface area contributed by atoms with Gasteiger partial charge in [-0.05, 0) is 0 Å². The molecule has 1 rings (SSSR count). The Labute approximate surface area is 70.3 Å². The number of hydrogen-bond donors (Lipinski definition) is 0. The zero-order valence-electron chi connectivity index (χ0n) is 4.97. The van der Waals surface area contributed by atoms with E-state index in [0.717, 1.165) is 4.13 Å². The van der Waals surface area contributed by atoms with Crippen molar-refractivity contribution in [2.45, 2.75) is 4.13 Å². The SMILES string of the molecule is [Cl][Zr][CH2]c1ccccc1. The van der Waals surface area contributed by atoms with Crippen molar-refractivity contribution < 1.29 is 22.0 Å². The summed E-state index contributed by atoms with van der Waals surface area (Å²) in [6.45, 7) is 0. The Kier molecular flexibility index (Phi) is 3.54. The van der Waals surface area contributed by atoms with Gasteiger partial charge < -0.3 is 0 Å². The second kappa shape index (κ2) is 4.25. The van der Waals surface area contributed by atoms with Crippen LogP contribution in [0.4, 0.5) is 0 Å².